The second kappa shape index (κ2) is 4.45. The zero-order chi connectivity index (χ0) is 14.4. The van der Waals surface area contributed by atoms with Crippen LogP contribution in [-0.2, 0) is 9.53 Å². The van der Waals surface area contributed by atoms with Crippen LogP contribution in [0.1, 0.15) is 47.5 Å². The highest BCUT2D eigenvalue weighted by atomic mass is 16.5. The van der Waals surface area contributed by atoms with Gasteiger partial charge in [-0.1, -0.05) is 40.7 Å². The van der Waals surface area contributed by atoms with Gasteiger partial charge in [0, 0.05) is 10.8 Å². The molecular formula is C16H23NO2. The van der Waals surface area contributed by atoms with Crippen LogP contribution in [0.4, 0.5) is 0 Å². The first kappa shape index (κ1) is 14.3. The second-order valence-electron chi connectivity index (χ2n) is 7.04. The van der Waals surface area contributed by atoms with E-state index in [1.54, 1.807) is 0 Å². The maximum absolute atomic E-state index is 12.4. The Kier molecular flexibility index (Phi) is 3.35. The first-order valence-electron chi connectivity index (χ1n) is 7.03. The van der Waals surface area contributed by atoms with Gasteiger partial charge in [-0.2, -0.15) is 0 Å². The molecule has 0 amide bonds. The molecule has 0 aromatic rings. The fourth-order valence-electron chi connectivity index (χ4n) is 3.53. The van der Waals surface area contributed by atoms with E-state index in [4.69, 9.17) is 11.3 Å². The van der Waals surface area contributed by atoms with Crippen LogP contribution < -0.4 is 0 Å². The summed E-state index contributed by atoms with van der Waals surface area (Å²) >= 11 is 0. The average molecular weight is 261 g/mol. The molecule has 1 aliphatic carbocycles. The van der Waals surface area contributed by atoms with E-state index in [9.17, 15) is 4.79 Å². The van der Waals surface area contributed by atoms with Crippen LogP contribution in [0.2, 0.25) is 0 Å². The average Bonchev–Trinajstić information content (AvgIpc) is 2.33. The Bertz CT molecular complexity index is 470. The minimum atomic E-state index is -0.614. The summed E-state index contributed by atoms with van der Waals surface area (Å²) in [6, 6.07) is 0. The molecular weight excluding hydrogens is 238 g/mol. The van der Waals surface area contributed by atoms with Gasteiger partial charge in [-0.15, -0.1) is 0 Å². The molecule has 0 aromatic carbocycles. The monoisotopic (exact) mass is 261 g/mol. The molecule has 104 valence electrons. The third-order valence-corrected chi connectivity index (χ3v) is 4.68. The molecule has 19 heavy (non-hydrogen) atoms. The first-order chi connectivity index (χ1) is 8.72. The zero-order valence-corrected chi connectivity index (χ0v) is 12.5. The third-order valence-electron chi connectivity index (χ3n) is 4.68. The number of hydrogen-bond donors (Lipinski definition) is 0. The third kappa shape index (κ3) is 2.12. The van der Waals surface area contributed by atoms with Gasteiger partial charge in [0.05, 0.1) is 18.8 Å². The molecule has 0 saturated carbocycles. The fraction of sp³-hybridized carbons (Fsp3) is 0.750. The molecule has 0 bridgehead atoms. The Balaban J connectivity index is 2.43. The quantitative estimate of drug-likeness (QED) is 0.675. The molecule has 1 aliphatic heterocycles. The molecule has 0 spiro atoms. The largest absolute Gasteiger partial charge is 0.373 e. The van der Waals surface area contributed by atoms with E-state index in [0.717, 1.165) is 12.8 Å². The van der Waals surface area contributed by atoms with E-state index in [1.165, 1.54) is 0 Å². The smallest absolute Gasteiger partial charge is 0.226 e. The number of fused-ring (bicyclic) bond motifs is 1. The zero-order valence-electron chi connectivity index (χ0n) is 12.5. The molecule has 3 atom stereocenters. The van der Waals surface area contributed by atoms with Crippen molar-refractivity contribution in [2.24, 2.45) is 16.7 Å². The van der Waals surface area contributed by atoms with Crippen molar-refractivity contribution in [2.45, 2.75) is 59.7 Å². The van der Waals surface area contributed by atoms with Crippen LogP contribution in [0.15, 0.2) is 11.8 Å². The molecule has 2 rings (SSSR count). The number of nitrogens with zero attached hydrogens (tertiary/aromatic N) is 1. The lowest BCUT2D eigenvalue weighted by atomic mass is 9.60. The molecule has 1 heterocycles. The highest BCUT2D eigenvalue weighted by molar-refractivity contribution is 6.02. The Hall–Kier alpha value is -1.14. The number of ketones is 1. The van der Waals surface area contributed by atoms with Crippen molar-refractivity contribution in [3.05, 3.63) is 23.2 Å². The van der Waals surface area contributed by atoms with Gasteiger partial charge in [0.25, 0.3) is 0 Å². The number of rotatable bonds is 1. The highest BCUT2D eigenvalue weighted by Gasteiger charge is 2.54. The van der Waals surface area contributed by atoms with E-state index < -0.39 is 5.41 Å². The van der Waals surface area contributed by atoms with Gasteiger partial charge in [-0.3, -0.25) is 0 Å². The molecule has 0 radical (unpaired) electrons. The van der Waals surface area contributed by atoms with Crippen molar-refractivity contribution >= 4 is 5.78 Å². The number of allylic oxidation sites excluding steroid dienone is 1. The van der Waals surface area contributed by atoms with Gasteiger partial charge in [0.15, 0.2) is 5.78 Å². The van der Waals surface area contributed by atoms with Gasteiger partial charge < -0.3 is 9.53 Å². The number of Topliss-reactive ketones (excluding diaryl/α,β-unsaturated/α-hetero) is 1. The molecule has 3 heteroatoms. The minimum absolute atomic E-state index is 0.0746. The van der Waals surface area contributed by atoms with Gasteiger partial charge in [0.1, 0.15) is 0 Å². The van der Waals surface area contributed by atoms with Crippen molar-refractivity contribution in [3.8, 4) is 0 Å². The number of ether oxygens (including phenoxy) is 1. The molecule has 2 aliphatic rings. The molecule has 1 fully saturated rings. The van der Waals surface area contributed by atoms with Gasteiger partial charge in [0.2, 0.25) is 5.70 Å². The van der Waals surface area contributed by atoms with Crippen LogP contribution in [0.25, 0.3) is 4.85 Å². The lowest BCUT2D eigenvalue weighted by molar-refractivity contribution is -0.178. The highest BCUT2D eigenvalue weighted by Crippen LogP contribution is 2.51. The van der Waals surface area contributed by atoms with E-state index in [1.807, 2.05) is 19.9 Å². The van der Waals surface area contributed by atoms with Crippen LogP contribution in [-0.4, -0.2) is 18.0 Å². The van der Waals surface area contributed by atoms with E-state index in [2.05, 4.69) is 25.6 Å². The topological polar surface area (TPSA) is 30.7 Å². The Morgan fingerprint density at radius 3 is 2.58 bits per heavy atom. The van der Waals surface area contributed by atoms with Crippen molar-refractivity contribution < 1.29 is 9.53 Å². The van der Waals surface area contributed by atoms with Crippen molar-refractivity contribution in [1.82, 2.24) is 0 Å². The van der Waals surface area contributed by atoms with Crippen LogP contribution in [0, 0.1) is 23.3 Å². The number of carbonyl (C=O) groups is 1. The Morgan fingerprint density at radius 1 is 1.42 bits per heavy atom. The van der Waals surface area contributed by atoms with Gasteiger partial charge in [-0.05, 0) is 18.8 Å². The maximum atomic E-state index is 12.4. The van der Waals surface area contributed by atoms with Gasteiger partial charge in [-0.25, -0.2) is 4.85 Å². The lowest BCUT2D eigenvalue weighted by Crippen LogP contribution is -2.56. The fourth-order valence-corrected chi connectivity index (χ4v) is 3.53. The van der Waals surface area contributed by atoms with Crippen LogP contribution in [0.3, 0.4) is 0 Å². The summed E-state index contributed by atoms with van der Waals surface area (Å²) in [6.45, 7) is 17.5. The van der Waals surface area contributed by atoms with Crippen molar-refractivity contribution in [3.63, 3.8) is 0 Å². The standard InChI is InChI=1S/C16H23NO2/c1-10(2)12-7-8-16(5)9-11(17-6)13(18)15(3,4)14(16)19-12/h9-10,12,14H,7-8H2,1-5H3/t12-,14-,16-/m1/s1. The van der Waals surface area contributed by atoms with E-state index in [-0.39, 0.29) is 29.1 Å². The summed E-state index contributed by atoms with van der Waals surface area (Å²) in [5.74, 6) is 0.385. The summed E-state index contributed by atoms with van der Waals surface area (Å²) in [5, 5.41) is 0. The Labute approximate surface area is 115 Å². The number of carbonyl (C=O) groups excluding carboxylic acids is 1. The lowest BCUT2D eigenvalue weighted by Gasteiger charge is -2.52. The van der Waals surface area contributed by atoms with Crippen molar-refractivity contribution in [1.29, 1.82) is 0 Å². The predicted octanol–water partition coefficient (Wildman–Crippen LogP) is 3.61. The summed E-state index contributed by atoms with van der Waals surface area (Å²) in [4.78, 5) is 15.8. The van der Waals surface area contributed by atoms with Crippen LogP contribution in [0.5, 0.6) is 0 Å². The SMILES string of the molecule is [C-]#[N+]C1=C[C@@]2(C)CC[C@H](C(C)C)O[C@@H]2C(C)(C)C1=O. The van der Waals surface area contributed by atoms with E-state index in [0.29, 0.717) is 5.92 Å². The normalized spacial score (nSPS) is 37.5. The second-order valence-corrected chi connectivity index (χ2v) is 7.04. The Morgan fingerprint density at radius 2 is 2.05 bits per heavy atom. The molecule has 0 N–H and O–H groups in total. The molecule has 1 saturated heterocycles. The molecule has 0 aromatic heterocycles. The number of hydrogen-bond acceptors (Lipinski definition) is 2. The minimum Gasteiger partial charge on any atom is -0.373 e. The van der Waals surface area contributed by atoms with E-state index >= 15 is 0 Å². The first-order valence-corrected chi connectivity index (χ1v) is 7.03. The van der Waals surface area contributed by atoms with Crippen LogP contribution >= 0.6 is 0 Å². The molecule has 0 unspecified atom stereocenters. The molecule has 3 nitrogen and oxygen atoms in total. The predicted molar refractivity (Wildman–Crippen MR) is 74.3 cm³/mol. The summed E-state index contributed by atoms with van der Waals surface area (Å²) in [5.41, 5.74) is -0.519. The maximum Gasteiger partial charge on any atom is 0.226 e. The summed E-state index contributed by atoms with van der Waals surface area (Å²) in [6.07, 6.45) is 3.93. The summed E-state index contributed by atoms with van der Waals surface area (Å²) < 4.78 is 6.26. The van der Waals surface area contributed by atoms with Crippen molar-refractivity contribution in [2.75, 3.05) is 0 Å². The summed E-state index contributed by atoms with van der Waals surface area (Å²) in [7, 11) is 0. The van der Waals surface area contributed by atoms with Gasteiger partial charge >= 0.3 is 0 Å².